The van der Waals surface area contributed by atoms with E-state index in [1.54, 1.807) is 14.0 Å². The number of amides is 1. The maximum atomic E-state index is 13.0. The van der Waals surface area contributed by atoms with Crippen LogP contribution < -0.4 is 15.6 Å². The Balaban J connectivity index is 1.67. The summed E-state index contributed by atoms with van der Waals surface area (Å²) in [6.07, 6.45) is 1.29. The monoisotopic (exact) mass is 403 g/mol. The van der Waals surface area contributed by atoms with Gasteiger partial charge in [0.1, 0.15) is 12.1 Å². The summed E-state index contributed by atoms with van der Waals surface area (Å²) in [5.41, 5.74) is 2.21. The van der Waals surface area contributed by atoms with Crippen LogP contribution in [-0.4, -0.2) is 32.6 Å². The summed E-state index contributed by atoms with van der Waals surface area (Å²) in [7, 11) is 1.60. The number of rotatable bonds is 6. The van der Waals surface area contributed by atoms with E-state index in [0.717, 1.165) is 11.1 Å². The Morgan fingerprint density at radius 2 is 1.90 bits per heavy atom. The maximum Gasteiger partial charge on any atom is 0.277 e. The second-order valence-electron chi connectivity index (χ2n) is 6.83. The highest BCUT2D eigenvalue weighted by molar-refractivity contribution is 5.80. The molecule has 4 aromatic rings. The number of H-pyrrole nitrogens is 1. The average Bonchev–Trinajstić information content (AvgIpc) is 3.24. The summed E-state index contributed by atoms with van der Waals surface area (Å²) < 4.78 is 6.73. The molecule has 0 saturated heterocycles. The van der Waals surface area contributed by atoms with Crippen molar-refractivity contribution < 1.29 is 9.53 Å². The Morgan fingerprint density at radius 3 is 2.67 bits per heavy atom. The number of aryl methyl sites for hydroxylation is 1. The molecule has 2 heterocycles. The molecule has 2 aromatic heterocycles. The molecule has 1 amide bonds. The number of carbonyl (C=O) groups is 1. The molecule has 2 aromatic carbocycles. The zero-order chi connectivity index (χ0) is 21.1. The number of para-hydroxylation sites is 1. The van der Waals surface area contributed by atoms with E-state index in [1.165, 1.54) is 10.8 Å². The first kappa shape index (κ1) is 19.4. The van der Waals surface area contributed by atoms with Crippen LogP contribution in [0.5, 0.6) is 5.75 Å². The molecule has 152 valence electrons. The van der Waals surface area contributed by atoms with Gasteiger partial charge in [-0.15, -0.1) is 0 Å². The van der Waals surface area contributed by atoms with Crippen LogP contribution >= 0.6 is 0 Å². The van der Waals surface area contributed by atoms with Crippen LogP contribution in [0.1, 0.15) is 28.4 Å². The predicted octanol–water partition coefficient (Wildman–Crippen LogP) is 2.18. The number of aromatic nitrogens is 4. The van der Waals surface area contributed by atoms with Crippen LogP contribution in [0.15, 0.2) is 65.7 Å². The molecule has 4 rings (SSSR count). The third-order valence-corrected chi connectivity index (χ3v) is 4.96. The van der Waals surface area contributed by atoms with Crippen molar-refractivity contribution in [3.8, 4) is 5.75 Å². The number of aromatic amines is 1. The van der Waals surface area contributed by atoms with Gasteiger partial charge in [-0.3, -0.25) is 14.7 Å². The number of nitrogens with one attached hydrogen (secondary N) is 2. The fourth-order valence-corrected chi connectivity index (χ4v) is 3.46. The summed E-state index contributed by atoms with van der Waals surface area (Å²) in [6.45, 7) is 1.70. The third kappa shape index (κ3) is 3.67. The van der Waals surface area contributed by atoms with Crippen molar-refractivity contribution in [1.82, 2.24) is 24.9 Å². The number of fused-ring (bicyclic) bond motifs is 1. The van der Waals surface area contributed by atoms with Crippen molar-refractivity contribution in [2.45, 2.75) is 19.4 Å². The summed E-state index contributed by atoms with van der Waals surface area (Å²) in [5, 5.41) is 5.77. The van der Waals surface area contributed by atoms with Crippen molar-refractivity contribution in [3.05, 3.63) is 93.7 Å². The minimum Gasteiger partial charge on any atom is -0.496 e. The molecule has 1 atom stereocenters. The molecule has 1 unspecified atom stereocenters. The molecule has 0 aliphatic heterocycles. The molecule has 2 N–H and O–H groups in total. The van der Waals surface area contributed by atoms with E-state index >= 15 is 0 Å². The maximum absolute atomic E-state index is 13.0. The van der Waals surface area contributed by atoms with Crippen molar-refractivity contribution in [2.24, 2.45) is 0 Å². The normalized spacial score (nSPS) is 11.9. The van der Waals surface area contributed by atoms with Crippen molar-refractivity contribution in [1.29, 1.82) is 0 Å². The molecule has 0 aliphatic carbocycles. The lowest BCUT2D eigenvalue weighted by atomic mass is 9.97. The lowest BCUT2D eigenvalue weighted by Crippen LogP contribution is -2.33. The van der Waals surface area contributed by atoms with Gasteiger partial charge in [0.25, 0.3) is 11.3 Å². The molecule has 8 nitrogen and oxygen atoms in total. The van der Waals surface area contributed by atoms with Crippen LogP contribution in [0, 0.1) is 6.92 Å². The lowest BCUT2D eigenvalue weighted by Gasteiger charge is -2.22. The summed E-state index contributed by atoms with van der Waals surface area (Å²) >= 11 is 0. The van der Waals surface area contributed by atoms with Crippen LogP contribution in [0.25, 0.3) is 5.78 Å². The highest BCUT2D eigenvalue weighted by Gasteiger charge is 2.22. The van der Waals surface area contributed by atoms with E-state index in [0.29, 0.717) is 17.0 Å². The zero-order valence-corrected chi connectivity index (χ0v) is 16.6. The van der Waals surface area contributed by atoms with Gasteiger partial charge in [-0.05, 0) is 18.6 Å². The largest absolute Gasteiger partial charge is 0.496 e. The van der Waals surface area contributed by atoms with Crippen molar-refractivity contribution >= 4 is 11.7 Å². The minimum absolute atomic E-state index is 0.0991. The number of methoxy groups -OCH3 is 1. The summed E-state index contributed by atoms with van der Waals surface area (Å²) in [6, 6.07) is 16.7. The van der Waals surface area contributed by atoms with Crippen molar-refractivity contribution in [3.63, 3.8) is 0 Å². The van der Waals surface area contributed by atoms with E-state index < -0.39 is 6.04 Å². The Hall–Kier alpha value is -3.94. The quantitative estimate of drug-likeness (QED) is 0.514. The smallest absolute Gasteiger partial charge is 0.277 e. The van der Waals surface area contributed by atoms with E-state index in [9.17, 15) is 9.59 Å². The van der Waals surface area contributed by atoms with Gasteiger partial charge >= 0.3 is 0 Å². The molecule has 0 spiro atoms. The fourth-order valence-electron chi connectivity index (χ4n) is 3.46. The van der Waals surface area contributed by atoms with Gasteiger partial charge in [-0.1, -0.05) is 48.5 Å². The topological polar surface area (TPSA) is 101 Å². The highest BCUT2D eigenvalue weighted by Crippen LogP contribution is 2.29. The first-order chi connectivity index (χ1) is 14.6. The van der Waals surface area contributed by atoms with Gasteiger partial charge in [0.05, 0.1) is 25.3 Å². The summed E-state index contributed by atoms with van der Waals surface area (Å²) in [5.74, 6) is 0.650. The lowest BCUT2D eigenvalue weighted by molar-refractivity contribution is -0.121. The molecule has 30 heavy (non-hydrogen) atoms. The molecule has 8 heteroatoms. The van der Waals surface area contributed by atoms with Gasteiger partial charge in [-0.2, -0.15) is 4.52 Å². The molecule has 0 radical (unpaired) electrons. The highest BCUT2D eigenvalue weighted by atomic mass is 16.5. The first-order valence-electron chi connectivity index (χ1n) is 9.47. The molecular formula is C22H21N5O3. The molecule has 0 aliphatic rings. The fraction of sp³-hybridized carbons (Fsp3) is 0.182. The third-order valence-electron chi connectivity index (χ3n) is 4.96. The number of carbonyl (C=O) groups excluding carboxylic acids is 1. The Bertz CT molecular complexity index is 1250. The van der Waals surface area contributed by atoms with Gasteiger partial charge < -0.3 is 10.1 Å². The van der Waals surface area contributed by atoms with Crippen LogP contribution in [0.3, 0.4) is 0 Å². The average molecular weight is 403 g/mol. The molecule has 0 bridgehead atoms. The van der Waals surface area contributed by atoms with Crippen LogP contribution in [-0.2, 0) is 11.2 Å². The number of hydrogen-bond acceptors (Lipinski definition) is 5. The van der Waals surface area contributed by atoms with Crippen LogP contribution in [0.4, 0.5) is 0 Å². The van der Waals surface area contributed by atoms with Gasteiger partial charge in [0.15, 0.2) is 0 Å². The van der Waals surface area contributed by atoms with Gasteiger partial charge in [0.2, 0.25) is 5.91 Å². The Morgan fingerprint density at radius 1 is 1.17 bits per heavy atom. The summed E-state index contributed by atoms with van der Waals surface area (Å²) in [4.78, 5) is 34.0. The predicted molar refractivity (Wildman–Crippen MR) is 111 cm³/mol. The van der Waals surface area contributed by atoms with Gasteiger partial charge in [-0.25, -0.2) is 9.97 Å². The molecule has 0 saturated carbocycles. The standard InChI is InChI=1S/C22H21N5O3/c1-14-17(21(29)27-22(25-14)23-13-24-27)12-19(28)26-20(15-8-4-3-5-9-15)16-10-6-7-11-18(16)30-2/h3-11,13,20H,12H2,1-2H3,(H,26,28)(H,23,24,25). The van der Waals surface area contributed by atoms with Crippen molar-refractivity contribution in [2.75, 3.05) is 7.11 Å². The first-order valence-corrected chi connectivity index (χ1v) is 9.47. The minimum atomic E-state index is -0.429. The van der Waals surface area contributed by atoms with E-state index in [4.69, 9.17) is 4.74 Å². The zero-order valence-electron chi connectivity index (χ0n) is 16.6. The Labute approximate surface area is 172 Å². The number of benzene rings is 2. The second-order valence-corrected chi connectivity index (χ2v) is 6.83. The SMILES string of the molecule is COc1ccccc1C(NC(=O)Cc1c(C)nc2nc[nH]n2c1=O)c1ccccc1. The molecular weight excluding hydrogens is 382 g/mol. The van der Waals surface area contributed by atoms with Crippen LogP contribution in [0.2, 0.25) is 0 Å². The van der Waals surface area contributed by atoms with E-state index in [1.807, 2.05) is 54.6 Å². The Kier molecular flexibility index (Phi) is 5.30. The second kappa shape index (κ2) is 8.20. The van der Waals surface area contributed by atoms with E-state index in [2.05, 4.69) is 20.4 Å². The number of nitrogens with zero attached hydrogens (tertiary/aromatic N) is 3. The van der Waals surface area contributed by atoms with E-state index in [-0.39, 0.29) is 23.7 Å². The van der Waals surface area contributed by atoms with Gasteiger partial charge in [0, 0.05) is 11.1 Å². The number of ether oxygens (including phenoxy) is 1. The number of hydrogen-bond donors (Lipinski definition) is 2. The molecule has 0 fully saturated rings.